The van der Waals surface area contributed by atoms with Crippen LogP contribution in [0.4, 0.5) is 4.39 Å². The molecule has 0 aromatic carbocycles. The van der Waals surface area contributed by atoms with Gasteiger partial charge in [-0.3, -0.25) is 9.17 Å². The fourth-order valence-corrected chi connectivity index (χ4v) is 2.12. The summed E-state index contributed by atoms with van der Waals surface area (Å²) in [5, 5.41) is 4.02. The summed E-state index contributed by atoms with van der Waals surface area (Å²) < 4.78 is 41.7. The first-order chi connectivity index (χ1) is 9.52. The fraction of sp³-hybridized carbons (Fsp3) is 0.250. The maximum atomic E-state index is 13.5. The van der Waals surface area contributed by atoms with Crippen molar-refractivity contribution >= 4 is 10.1 Å². The molecule has 2 aromatic rings. The zero-order valence-corrected chi connectivity index (χ0v) is 11.5. The van der Waals surface area contributed by atoms with Crippen molar-refractivity contribution in [1.82, 2.24) is 10.1 Å². The normalized spacial score (nSPS) is 11.5. The van der Waals surface area contributed by atoms with E-state index in [0.29, 0.717) is 5.56 Å². The fourth-order valence-electron chi connectivity index (χ4n) is 1.54. The minimum atomic E-state index is -3.52. The van der Waals surface area contributed by atoms with E-state index in [2.05, 4.69) is 14.3 Å². The molecule has 0 aliphatic carbocycles. The molecule has 106 valence electrons. The maximum Gasteiger partial charge on any atom is 0.273 e. The van der Waals surface area contributed by atoms with E-state index < -0.39 is 15.9 Å². The Balaban J connectivity index is 2.13. The Morgan fingerprint density at radius 1 is 1.40 bits per heavy atom. The Hall–Kier alpha value is -1.93. The lowest BCUT2D eigenvalue weighted by Crippen LogP contribution is -2.40. The van der Waals surface area contributed by atoms with Crippen LogP contribution < -0.4 is 4.68 Å². The van der Waals surface area contributed by atoms with Gasteiger partial charge in [0, 0.05) is 17.8 Å². The number of rotatable bonds is 5. The van der Waals surface area contributed by atoms with Crippen LogP contribution >= 0.6 is 0 Å². The van der Waals surface area contributed by atoms with E-state index in [4.69, 9.17) is 0 Å². The summed E-state index contributed by atoms with van der Waals surface area (Å²) in [5.41, 5.74) is 0.727. The van der Waals surface area contributed by atoms with Gasteiger partial charge in [0.2, 0.25) is 0 Å². The van der Waals surface area contributed by atoms with Gasteiger partial charge < -0.3 is 0 Å². The first kappa shape index (κ1) is 14.5. The summed E-state index contributed by atoms with van der Waals surface area (Å²) >= 11 is 0. The number of aromatic nitrogens is 3. The second kappa shape index (κ2) is 6.02. The highest BCUT2D eigenvalue weighted by Gasteiger charge is 2.14. The molecular weight excluding hydrogens is 285 g/mol. The molecule has 0 bridgehead atoms. The summed E-state index contributed by atoms with van der Waals surface area (Å²) in [6.07, 6.45) is 4.49. The lowest BCUT2D eigenvalue weighted by molar-refractivity contribution is -0.750. The molecule has 0 spiro atoms. The van der Waals surface area contributed by atoms with Crippen LogP contribution in [-0.4, -0.2) is 31.4 Å². The molecule has 0 aliphatic heterocycles. The molecule has 8 heteroatoms. The third-order valence-electron chi connectivity index (χ3n) is 2.63. The molecule has 6 nitrogen and oxygen atoms in total. The van der Waals surface area contributed by atoms with Crippen LogP contribution in [-0.2, 0) is 20.8 Å². The first-order valence-corrected chi connectivity index (χ1v) is 7.34. The monoisotopic (exact) mass is 298 g/mol. The highest BCUT2D eigenvalue weighted by Crippen LogP contribution is 2.17. The standard InChI is InChI=1S/C12H13FN3O3S/c1-19-20(17,18)8-7-16-6-4-10(9-15-16)12-11(13)3-2-5-14-12/h2-6,9H,7-8H2,1H3/q+1. The van der Waals surface area contributed by atoms with E-state index in [1.165, 1.54) is 29.2 Å². The third kappa shape index (κ3) is 3.55. The van der Waals surface area contributed by atoms with Crippen molar-refractivity contribution in [2.75, 3.05) is 12.9 Å². The highest BCUT2D eigenvalue weighted by molar-refractivity contribution is 7.86. The number of nitrogens with zero attached hydrogens (tertiary/aromatic N) is 3. The van der Waals surface area contributed by atoms with Gasteiger partial charge in [-0.2, -0.15) is 8.42 Å². The molecular formula is C12H13FN3O3S+. The average molecular weight is 298 g/mol. The molecule has 0 amide bonds. The second-order valence-corrected chi connectivity index (χ2v) is 5.80. The van der Waals surface area contributed by atoms with Crippen LogP contribution in [0, 0.1) is 5.82 Å². The largest absolute Gasteiger partial charge is 0.273 e. The minimum Gasteiger partial charge on any atom is -0.273 e. The topological polar surface area (TPSA) is 73.0 Å². The Kier molecular flexibility index (Phi) is 4.35. The molecule has 0 fully saturated rings. The number of hydrogen-bond donors (Lipinski definition) is 0. The molecule has 2 rings (SSSR count). The molecule has 0 aliphatic rings. The van der Waals surface area contributed by atoms with Crippen molar-refractivity contribution in [3.8, 4) is 11.3 Å². The zero-order valence-electron chi connectivity index (χ0n) is 10.7. The number of hydrogen-bond acceptors (Lipinski definition) is 5. The predicted octanol–water partition coefficient (Wildman–Crippen LogP) is 0.546. The first-order valence-electron chi connectivity index (χ1n) is 5.77. The van der Waals surface area contributed by atoms with E-state index in [0.717, 1.165) is 7.11 Å². The van der Waals surface area contributed by atoms with Crippen LogP contribution in [0.1, 0.15) is 0 Å². The molecule has 20 heavy (non-hydrogen) atoms. The summed E-state index contributed by atoms with van der Waals surface area (Å²) in [4.78, 5) is 3.94. The zero-order chi connectivity index (χ0) is 14.6. The minimum absolute atomic E-state index is 0.154. The molecule has 0 radical (unpaired) electrons. The van der Waals surface area contributed by atoms with Gasteiger partial charge in [-0.15, -0.1) is 0 Å². The third-order valence-corrected chi connectivity index (χ3v) is 3.82. The van der Waals surface area contributed by atoms with Gasteiger partial charge in [-0.05, 0) is 17.2 Å². The quantitative estimate of drug-likeness (QED) is 0.595. The van der Waals surface area contributed by atoms with Crippen LogP contribution in [0.3, 0.4) is 0 Å². The average Bonchev–Trinajstić information content (AvgIpc) is 2.46. The Bertz CT molecular complexity index is 689. The smallest absolute Gasteiger partial charge is 0.273 e. The molecule has 2 heterocycles. The van der Waals surface area contributed by atoms with Gasteiger partial charge in [0.15, 0.2) is 12.7 Å². The van der Waals surface area contributed by atoms with E-state index in [9.17, 15) is 12.8 Å². The summed E-state index contributed by atoms with van der Waals surface area (Å²) in [7, 11) is -2.41. The van der Waals surface area contributed by atoms with E-state index >= 15 is 0 Å². The van der Waals surface area contributed by atoms with E-state index in [1.807, 2.05) is 0 Å². The van der Waals surface area contributed by atoms with Crippen molar-refractivity contribution in [3.05, 3.63) is 42.6 Å². The number of pyridine rings is 1. The Labute approximate surface area is 116 Å². The van der Waals surface area contributed by atoms with Crippen LogP contribution in [0.5, 0.6) is 0 Å². The van der Waals surface area contributed by atoms with Gasteiger partial charge >= 0.3 is 0 Å². The number of halogens is 1. The Morgan fingerprint density at radius 3 is 2.80 bits per heavy atom. The van der Waals surface area contributed by atoms with E-state index in [1.54, 1.807) is 12.3 Å². The number of aryl methyl sites for hydroxylation is 1. The lowest BCUT2D eigenvalue weighted by atomic mass is 10.2. The summed E-state index contributed by atoms with van der Waals surface area (Å²) in [5.74, 6) is -0.618. The van der Waals surface area contributed by atoms with Gasteiger partial charge in [-0.25, -0.2) is 4.39 Å². The maximum absolute atomic E-state index is 13.5. The van der Waals surface area contributed by atoms with E-state index in [-0.39, 0.29) is 18.0 Å². The van der Waals surface area contributed by atoms with Gasteiger partial charge in [0.25, 0.3) is 10.1 Å². The molecule has 2 aromatic heterocycles. The van der Waals surface area contributed by atoms with Crippen LogP contribution in [0.15, 0.2) is 36.8 Å². The van der Waals surface area contributed by atoms with Crippen molar-refractivity contribution in [1.29, 1.82) is 0 Å². The van der Waals surface area contributed by atoms with Gasteiger partial charge in [0.1, 0.15) is 23.5 Å². The predicted molar refractivity (Wildman–Crippen MR) is 68.4 cm³/mol. The highest BCUT2D eigenvalue weighted by atomic mass is 32.2. The second-order valence-electron chi connectivity index (χ2n) is 3.94. The Morgan fingerprint density at radius 2 is 2.20 bits per heavy atom. The summed E-state index contributed by atoms with van der Waals surface area (Å²) in [6, 6.07) is 4.44. The van der Waals surface area contributed by atoms with Crippen molar-refractivity contribution in [3.63, 3.8) is 0 Å². The van der Waals surface area contributed by atoms with Crippen molar-refractivity contribution in [2.24, 2.45) is 0 Å². The van der Waals surface area contributed by atoms with Crippen molar-refractivity contribution < 1.29 is 21.7 Å². The molecule has 0 N–H and O–H groups in total. The van der Waals surface area contributed by atoms with Crippen LogP contribution in [0.25, 0.3) is 11.3 Å². The van der Waals surface area contributed by atoms with Gasteiger partial charge in [0.05, 0.1) is 7.11 Å². The molecule has 0 saturated heterocycles. The molecule has 0 unspecified atom stereocenters. The van der Waals surface area contributed by atoms with Gasteiger partial charge in [-0.1, -0.05) is 4.68 Å². The SMILES string of the molecule is COS(=O)(=O)CC[n+]1ccc(-c2ncccc2F)cn1. The lowest BCUT2D eigenvalue weighted by Gasteiger charge is -2.00. The molecule has 0 saturated carbocycles. The summed E-state index contributed by atoms with van der Waals surface area (Å²) in [6.45, 7) is 0.154. The van der Waals surface area contributed by atoms with Crippen molar-refractivity contribution in [2.45, 2.75) is 6.54 Å². The van der Waals surface area contributed by atoms with Crippen LogP contribution in [0.2, 0.25) is 0 Å². The molecule has 0 atom stereocenters.